The average Bonchev–Trinajstić information content (AvgIpc) is 3.06. The van der Waals surface area contributed by atoms with Crippen LogP contribution in [0.4, 0.5) is 11.4 Å². The third-order valence-electron chi connectivity index (χ3n) is 4.94. The number of carbonyl (C=O) groups excluding carboxylic acids is 1. The molecule has 0 fully saturated rings. The maximum atomic E-state index is 12.8. The quantitative estimate of drug-likeness (QED) is 0.585. The number of hydrogen-bond acceptors (Lipinski definition) is 5. The topological polar surface area (TPSA) is 67.6 Å². The van der Waals surface area contributed by atoms with Crippen LogP contribution in [0.1, 0.15) is 41.2 Å². The molecule has 0 saturated carbocycles. The van der Waals surface area contributed by atoms with E-state index in [0.29, 0.717) is 17.9 Å². The molecule has 1 N–H and O–H groups in total. The summed E-state index contributed by atoms with van der Waals surface area (Å²) >= 11 is 0. The lowest BCUT2D eigenvalue weighted by Crippen LogP contribution is -2.21. The number of hydrogen-bond donors (Lipinski definition) is 1. The van der Waals surface area contributed by atoms with Crippen molar-refractivity contribution in [1.29, 1.82) is 0 Å². The van der Waals surface area contributed by atoms with E-state index in [-0.39, 0.29) is 5.91 Å². The predicted octanol–water partition coefficient (Wildman–Crippen LogP) is 4.97. The van der Waals surface area contributed by atoms with Crippen molar-refractivity contribution in [1.82, 2.24) is 5.16 Å². The zero-order chi connectivity index (χ0) is 20.8. The van der Waals surface area contributed by atoms with E-state index >= 15 is 0 Å². The first kappa shape index (κ1) is 20.5. The summed E-state index contributed by atoms with van der Waals surface area (Å²) in [6.45, 7) is 10.1. The highest BCUT2D eigenvalue weighted by Crippen LogP contribution is 2.23. The molecule has 0 aliphatic carbocycles. The van der Waals surface area contributed by atoms with Crippen LogP contribution in [0.15, 0.2) is 53.1 Å². The Kier molecular flexibility index (Phi) is 6.54. The van der Waals surface area contributed by atoms with Crippen LogP contribution in [0, 0.1) is 13.8 Å². The molecule has 6 nitrogen and oxygen atoms in total. The number of rotatable bonds is 8. The fraction of sp³-hybridized carbons (Fsp3) is 0.304. The van der Waals surface area contributed by atoms with Gasteiger partial charge in [-0.25, -0.2) is 0 Å². The summed E-state index contributed by atoms with van der Waals surface area (Å²) in [4.78, 5) is 15.1. The van der Waals surface area contributed by atoms with E-state index in [1.165, 1.54) is 0 Å². The maximum Gasteiger partial charge on any atom is 0.259 e. The predicted molar refractivity (Wildman–Crippen MR) is 115 cm³/mol. The van der Waals surface area contributed by atoms with Crippen molar-refractivity contribution in [2.45, 2.75) is 34.3 Å². The Labute approximate surface area is 171 Å². The largest absolute Gasteiger partial charge is 0.488 e. The molecule has 152 valence electrons. The fourth-order valence-electron chi connectivity index (χ4n) is 3.18. The molecule has 1 amide bonds. The van der Waals surface area contributed by atoms with E-state index in [2.05, 4.69) is 29.2 Å². The minimum Gasteiger partial charge on any atom is -0.488 e. The van der Waals surface area contributed by atoms with E-state index in [4.69, 9.17) is 9.26 Å². The minimum atomic E-state index is -0.213. The van der Waals surface area contributed by atoms with Gasteiger partial charge in [-0.05, 0) is 64.1 Å². The van der Waals surface area contributed by atoms with Crippen molar-refractivity contribution >= 4 is 17.3 Å². The van der Waals surface area contributed by atoms with E-state index < -0.39 is 0 Å². The Balaban J connectivity index is 1.71. The van der Waals surface area contributed by atoms with Gasteiger partial charge >= 0.3 is 0 Å². The molecule has 29 heavy (non-hydrogen) atoms. The molecule has 3 aromatic rings. The summed E-state index contributed by atoms with van der Waals surface area (Å²) in [6.07, 6.45) is 0. The summed E-state index contributed by atoms with van der Waals surface area (Å²) in [6, 6.07) is 15.1. The fourth-order valence-corrected chi connectivity index (χ4v) is 3.18. The summed E-state index contributed by atoms with van der Waals surface area (Å²) in [7, 11) is 0. The molecular weight excluding hydrogens is 366 g/mol. The Hall–Kier alpha value is -3.28. The molecule has 0 atom stereocenters. The van der Waals surface area contributed by atoms with Crippen LogP contribution in [0.5, 0.6) is 5.75 Å². The lowest BCUT2D eigenvalue weighted by atomic mass is 10.1. The Bertz CT molecular complexity index is 940. The van der Waals surface area contributed by atoms with Gasteiger partial charge in [-0.15, -0.1) is 0 Å². The second-order valence-corrected chi connectivity index (χ2v) is 6.76. The first-order valence-corrected chi connectivity index (χ1v) is 9.83. The van der Waals surface area contributed by atoms with E-state index in [1.807, 2.05) is 50.2 Å². The van der Waals surface area contributed by atoms with Gasteiger partial charge < -0.3 is 19.5 Å². The van der Waals surface area contributed by atoms with Gasteiger partial charge in [0.2, 0.25) is 0 Å². The van der Waals surface area contributed by atoms with Crippen molar-refractivity contribution in [3.8, 4) is 5.75 Å². The summed E-state index contributed by atoms with van der Waals surface area (Å²) < 4.78 is 11.1. The molecular formula is C23H27N3O3. The van der Waals surface area contributed by atoms with E-state index in [9.17, 15) is 4.79 Å². The Morgan fingerprint density at radius 1 is 1.07 bits per heavy atom. The summed E-state index contributed by atoms with van der Waals surface area (Å²) in [5.74, 6) is 1.03. The van der Waals surface area contributed by atoms with Crippen molar-refractivity contribution in [2.75, 3.05) is 23.3 Å². The lowest BCUT2D eigenvalue weighted by Gasteiger charge is -2.21. The SMILES string of the molecule is CCN(CC)c1ccc(NC(=O)c2ccccc2OCc2c(C)noc2C)cc1. The second kappa shape index (κ2) is 9.28. The van der Waals surface area contributed by atoms with Crippen LogP contribution in [0.3, 0.4) is 0 Å². The van der Waals surface area contributed by atoms with Gasteiger partial charge in [-0.3, -0.25) is 4.79 Å². The van der Waals surface area contributed by atoms with Crippen LogP contribution in [-0.4, -0.2) is 24.2 Å². The molecule has 2 aromatic carbocycles. The number of nitrogens with one attached hydrogen (secondary N) is 1. The van der Waals surface area contributed by atoms with Crippen LogP contribution >= 0.6 is 0 Å². The van der Waals surface area contributed by atoms with Gasteiger partial charge in [-0.1, -0.05) is 17.3 Å². The molecule has 0 aliphatic heterocycles. The maximum absolute atomic E-state index is 12.8. The monoisotopic (exact) mass is 393 g/mol. The second-order valence-electron chi connectivity index (χ2n) is 6.76. The summed E-state index contributed by atoms with van der Waals surface area (Å²) in [5.41, 5.74) is 4.04. The third kappa shape index (κ3) is 4.77. The zero-order valence-corrected chi connectivity index (χ0v) is 17.4. The van der Waals surface area contributed by atoms with Gasteiger partial charge in [0, 0.05) is 24.5 Å². The smallest absolute Gasteiger partial charge is 0.259 e. The minimum absolute atomic E-state index is 0.213. The van der Waals surface area contributed by atoms with Crippen LogP contribution in [-0.2, 0) is 6.61 Å². The molecule has 0 unspecified atom stereocenters. The standard InChI is InChI=1S/C23H27N3O3/c1-5-26(6-2)19-13-11-18(12-14-19)24-23(27)20-9-7-8-10-22(20)28-15-21-16(3)25-29-17(21)4/h7-14H,5-6,15H2,1-4H3,(H,24,27). The number of amides is 1. The molecule has 3 rings (SSSR count). The van der Waals surface area contributed by atoms with E-state index in [0.717, 1.165) is 41.5 Å². The first-order valence-electron chi connectivity index (χ1n) is 9.83. The number of aromatic nitrogens is 1. The van der Waals surface area contributed by atoms with Gasteiger partial charge in [-0.2, -0.15) is 0 Å². The van der Waals surface area contributed by atoms with Crippen LogP contribution in [0.2, 0.25) is 0 Å². The Morgan fingerprint density at radius 2 is 1.76 bits per heavy atom. The number of para-hydroxylation sites is 1. The zero-order valence-electron chi connectivity index (χ0n) is 17.4. The number of aryl methyl sites for hydroxylation is 2. The lowest BCUT2D eigenvalue weighted by molar-refractivity contribution is 0.102. The summed E-state index contributed by atoms with van der Waals surface area (Å²) in [5, 5.41) is 6.88. The highest BCUT2D eigenvalue weighted by Gasteiger charge is 2.15. The normalized spacial score (nSPS) is 10.6. The molecule has 0 radical (unpaired) electrons. The van der Waals surface area contributed by atoms with Crippen molar-refractivity contribution in [3.63, 3.8) is 0 Å². The molecule has 0 aliphatic rings. The molecule has 1 aromatic heterocycles. The first-order chi connectivity index (χ1) is 14.0. The van der Waals surface area contributed by atoms with Crippen LogP contribution < -0.4 is 15.0 Å². The van der Waals surface area contributed by atoms with E-state index in [1.54, 1.807) is 12.1 Å². The van der Waals surface area contributed by atoms with Crippen molar-refractivity contribution in [2.24, 2.45) is 0 Å². The third-order valence-corrected chi connectivity index (χ3v) is 4.94. The van der Waals surface area contributed by atoms with Crippen LogP contribution in [0.25, 0.3) is 0 Å². The highest BCUT2D eigenvalue weighted by atomic mass is 16.5. The average molecular weight is 393 g/mol. The molecule has 0 saturated heterocycles. The molecule has 6 heteroatoms. The van der Waals surface area contributed by atoms with Gasteiger partial charge in [0.25, 0.3) is 5.91 Å². The van der Waals surface area contributed by atoms with Gasteiger partial charge in [0.15, 0.2) is 0 Å². The van der Waals surface area contributed by atoms with Crippen molar-refractivity contribution < 1.29 is 14.1 Å². The number of nitrogens with zero attached hydrogens (tertiary/aromatic N) is 2. The Morgan fingerprint density at radius 3 is 2.38 bits per heavy atom. The van der Waals surface area contributed by atoms with Gasteiger partial charge in [0.1, 0.15) is 18.1 Å². The number of ether oxygens (including phenoxy) is 1. The number of benzene rings is 2. The molecule has 0 spiro atoms. The van der Waals surface area contributed by atoms with Gasteiger partial charge in [0.05, 0.1) is 16.8 Å². The van der Waals surface area contributed by atoms with Crippen molar-refractivity contribution in [3.05, 3.63) is 71.1 Å². The number of carbonyl (C=O) groups is 1. The molecule has 0 bridgehead atoms. The number of anilines is 2. The highest BCUT2D eigenvalue weighted by molar-refractivity contribution is 6.06. The molecule has 1 heterocycles.